The van der Waals surface area contributed by atoms with Crippen LogP contribution < -0.4 is 10.4 Å². The minimum atomic E-state index is 0.180. The second-order valence-corrected chi connectivity index (χ2v) is 6.90. The summed E-state index contributed by atoms with van der Waals surface area (Å²) in [6, 6.07) is 22.8. The number of benzene rings is 2. The second-order valence-electron chi connectivity index (χ2n) is 6.50. The van der Waals surface area contributed by atoms with Crippen molar-refractivity contribution in [2.24, 2.45) is 0 Å². The molecule has 0 aromatic heterocycles. The summed E-state index contributed by atoms with van der Waals surface area (Å²) < 4.78 is 0. The molecule has 0 heterocycles. The maximum atomic E-state index is 3.69. The molecule has 0 aliphatic heterocycles. The van der Waals surface area contributed by atoms with E-state index in [1.54, 1.807) is 0 Å². The molecule has 2 aromatic carbocycles. The summed E-state index contributed by atoms with van der Waals surface area (Å²) in [5, 5.41) is 6.82. The quantitative estimate of drug-likeness (QED) is 0.622. The van der Waals surface area contributed by atoms with E-state index in [0.29, 0.717) is 6.04 Å². The summed E-state index contributed by atoms with van der Waals surface area (Å²) in [6.07, 6.45) is 4.90. The van der Waals surface area contributed by atoms with E-state index in [1.165, 1.54) is 36.8 Å². The SMILES string of the molecule is PNCCNC1CCC(c2ccccc2)(c2ccccc2)CC1. The zero-order chi connectivity index (χ0) is 16.0. The molecule has 2 N–H and O–H groups in total. The molecule has 0 bridgehead atoms. The van der Waals surface area contributed by atoms with Crippen molar-refractivity contribution < 1.29 is 0 Å². The maximum absolute atomic E-state index is 3.69. The van der Waals surface area contributed by atoms with Crippen molar-refractivity contribution in [2.45, 2.75) is 37.1 Å². The first-order chi connectivity index (χ1) is 11.3. The van der Waals surface area contributed by atoms with Gasteiger partial charge in [-0.2, -0.15) is 0 Å². The van der Waals surface area contributed by atoms with Crippen LogP contribution in [-0.2, 0) is 5.41 Å². The molecule has 2 nitrogen and oxygen atoms in total. The Morgan fingerprint density at radius 3 is 1.83 bits per heavy atom. The van der Waals surface area contributed by atoms with E-state index >= 15 is 0 Å². The van der Waals surface area contributed by atoms with Crippen LogP contribution in [0.2, 0.25) is 0 Å². The molecule has 1 fully saturated rings. The first-order valence-corrected chi connectivity index (χ1v) is 9.21. The summed E-state index contributed by atoms with van der Waals surface area (Å²) in [4.78, 5) is 0. The van der Waals surface area contributed by atoms with E-state index in [4.69, 9.17) is 0 Å². The summed E-state index contributed by atoms with van der Waals surface area (Å²) in [5.41, 5.74) is 3.12. The van der Waals surface area contributed by atoms with Crippen LogP contribution in [0.1, 0.15) is 36.8 Å². The Bertz CT molecular complexity index is 536. The summed E-state index contributed by atoms with van der Waals surface area (Å²) in [6.45, 7) is 2.04. The summed E-state index contributed by atoms with van der Waals surface area (Å²) in [7, 11) is 2.57. The van der Waals surface area contributed by atoms with Crippen LogP contribution in [0.3, 0.4) is 0 Å². The monoisotopic (exact) mass is 326 g/mol. The van der Waals surface area contributed by atoms with Crippen LogP contribution in [0.4, 0.5) is 0 Å². The Labute approximate surface area is 142 Å². The average Bonchev–Trinajstić information content (AvgIpc) is 2.64. The van der Waals surface area contributed by atoms with E-state index in [1.807, 2.05) is 0 Å². The molecule has 1 atom stereocenters. The molecule has 0 spiro atoms. The molecule has 122 valence electrons. The molecule has 2 aromatic rings. The Balaban J connectivity index is 1.80. The maximum Gasteiger partial charge on any atom is 0.0204 e. The third kappa shape index (κ3) is 3.83. The van der Waals surface area contributed by atoms with Crippen LogP contribution in [-0.4, -0.2) is 19.1 Å². The van der Waals surface area contributed by atoms with Crippen molar-refractivity contribution in [3.8, 4) is 0 Å². The molecule has 1 aliphatic rings. The largest absolute Gasteiger partial charge is 0.313 e. The highest BCUT2D eigenvalue weighted by Crippen LogP contribution is 2.44. The second kappa shape index (κ2) is 8.06. The van der Waals surface area contributed by atoms with Gasteiger partial charge in [-0.05, 0) is 36.8 Å². The van der Waals surface area contributed by atoms with Crippen molar-refractivity contribution in [1.82, 2.24) is 10.4 Å². The minimum absolute atomic E-state index is 0.180. The van der Waals surface area contributed by atoms with Gasteiger partial charge in [0.05, 0.1) is 0 Å². The van der Waals surface area contributed by atoms with Gasteiger partial charge in [0, 0.05) is 24.5 Å². The van der Waals surface area contributed by atoms with Gasteiger partial charge in [-0.25, -0.2) is 0 Å². The number of rotatable bonds is 6. The zero-order valence-corrected chi connectivity index (χ0v) is 14.8. The van der Waals surface area contributed by atoms with Crippen molar-refractivity contribution in [1.29, 1.82) is 0 Å². The Morgan fingerprint density at radius 1 is 0.826 bits per heavy atom. The topological polar surface area (TPSA) is 24.1 Å². The lowest BCUT2D eigenvalue weighted by Gasteiger charge is -2.41. The van der Waals surface area contributed by atoms with Gasteiger partial charge in [0.2, 0.25) is 0 Å². The molecule has 3 rings (SSSR count). The Kier molecular flexibility index (Phi) is 5.83. The Hall–Kier alpha value is -1.21. The lowest BCUT2D eigenvalue weighted by Crippen LogP contribution is -2.41. The van der Waals surface area contributed by atoms with E-state index < -0.39 is 0 Å². The average molecular weight is 326 g/mol. The number of nitrogens with one attached hydrogen (secondary N) is 2. The highest BCUT2D eigenvalue weighted by atomic mass is 31.0. The van der Waals surface area contributed by atoms with E-state index in [2.05, 4.69) is 80.5 Å². The van der Waals surface area contributed by atoms with Gasteiger partial charge >= 0.3 is 0 Å². The lowest BCUT2D eigenvalue weighted by molar-refractivity contribution is 0.284. The third-order valence-electron chi connectivity index (χ3n) is 5.19. The van der Waals surface area contributed by atoms with Gasteiger partial charge in [-0.3, -0.25) is 5.09 Å². The predicted octanol–water partition coefficient (Wildman–Crippen LogP) is 3.88. The lowest BCUT2D eigenvalue weighted by atomic mass is 9.64. The number of hydrogen-bond donors (Lipinski definition) is 2. The molecule has 1 unspecified atom stereocenters. The third-order valence-corrected chi connectivity index (χ3v) is 5.48. The zero-order valence-electron chi connectivity index (χ0n) is 13.7. The minimum Gasteiger partial charge on any atom is -0.313 e. The van der Waals surface area contributed by atoms with E-state index in [9.17, 15) is 0 Å². The van der Waals surface area contributed by atoms with Gasteiger partial charge in [0.25, 0.3) is 0 Å². The Morgan fingerprint density at radius 2 is 1.35 bits per heavy atom. The number of hydrogen-bond acceptors (Lipinski definition) is 2. The fourth-order valence-corrected chi connectivity index (χ4v) is 4.07. The van der Waals surface area contributed by atoms with Crippen LogP contribution >= 0.6 is 9.39 Å². The van der Waals surface area contributed by atoms with Crippen molar-refractivity contribution in [2.75, 3.05) is 13.1 Å². The van der Waals surface area contributed by atoms with Crippen LogP contribution in [0.5, 0.6) is 0 Å². The molecule has 1 aliphatic carbocycles. The highest BCUT2D eigenvalue weighted by Gasteiger charge is 2.37. The molecule has 23 heavy (non-hydrogen) atoms. The molecule has 0 saturated heterocycles. The first-order valence-electron chi connectivity index (χ1n) is 8.63. The smallest absolute Gasteiger partial charge is 0.0204 e. The molecule has 0 amide bonds. The van der Waals surface area contributed by atoms with Crippen LogP contribution in [0.15, 0.2) is 60.7 Å². The fourth-order valence-electron chi connectivity index (χ4n) is 3.92. The molecular formula is C20H27N2P. The van der Waals surface area contributed by atoms with E-state index in [-0.39, 0.29) is 5.41 Å². The van der Waals surface area contributed by atoms with Gasteiger partial charge in [0.15, 0.2) is 0 Å². The van der Waals surface area contributed by atoms with Crippen LogP contribution in [0.25, 0.3) is 0 Å². The van der Waals surface area contributed by atoms with Gasteiger partial charge in [0.1, 0.15) is 0 Å². The van der Waals surface area contributed by atoms with Crippen molar-refractivity contribution >= 4 is 9.39 Å². The standard InChI is InChI=1S/C20H27N2P/c23-22-16-15-21-19-11-13-20(14-12-19,17-7-3-1-4-8-17)18-9-5-2-6-10-18/h1-10,19,21-22H,11-16,23H2. The molecular weight excluding hydrogens is 299 g/mol. The van der Waals surface area contributed by atoms with Crippen LogP contribution in [0, 0.1) is 0 Å². The van der Waals surface area contributed by atoms with Gasteiger partial charge < -0.3 is 5.32 Å². The fraction of sp³-hybridized carbons (Fsp3) is 0.400. The predicted molar refractivity (Wildman–Crippen MR) is 102 cm³/mol. The van der Waals surface area contributed by atoms with Gasteiger partial charge in [-0.15, -0.1) is 0 Å². The van der Waals surface area contributed by atoms with Gasteiger partial charge in [-0.1, -0.05) is 70.1 Å². The highest BCUT2D eigenvalue weighted by molar-refractivity contribution is 7.13. The van der Waals surface area contributed by atoms with Crippen molar-refractivity contribution in [3.63, 3.8) is 0 Å². The molecule has 1 saturated carbocycles. The van der Waals surface area contributed by atoms with E-state index in [0.717, 1.165) is 13.1 Å². The first kappa shape index (κ1) is 16.6. The van der Waals surface area contributed by atoms with Crippen molar-refractivity contribution in [3.05, 3.63) is 71.8 Å². The normalized spacial score (nSPS) is 18.0. The summed E-state index contributed by atoms with van der Waals surface area (Å²) in [5.74, 6) is 0. The molecule has 0 radical (unpaired) electrons. The molecule has 3 heteroatoms. The summed E-state index contributed by atoms with van der Waals surface area (Å²) >= 11 is 0.